The lowest BCUT2D eigenvalue weighted by Gasteiger charge is -2.13. The maximum atomic E-state index is 5.66. The molecule has 0 bridgehead atoms. The third kappa shape index (κ3) is 4.87. The van der Waals surface area contributed by atoms with Crippen LogP contribution >= 0.6 is 0 Å². The zero-order chi connectivity index (χ0) is 11.3. The van der Waals surface area contributed by atoms with Crippen molar-refractivity contribution in [2.45, 2.75) is 40.0 Å². The van der Waals surface area contributed by atoms with Crippen LogP contribution in [0.5, 0.6) is 0 Å². The smallest absolute Gasteiger partial charge is 0.0314 e. The van der Waals surface area contributed by atoms with Crippen LogP contribution in [-0.2, 0) is 6.42 Å². The van der Waals surface area contributed by atoms with Crippen molar-refractivity contribution in [3.05, 3.63) is 29.8 Å². The molecule has 0 aliphatic carbocycles. The number of rotatable bonds is 5. The molecule has 1 atom stereocenters. The van der Waals surface area contributed by atoms with Crippen LogP contribution in [0, 0.1) is 11.8 Å². The molecular weight excluding hydrogens is 182 g/mol. The third-order valence-electron chi connectivity index (χ3n) is 2.80. The normalized spacial score (nSPS) is 13.1. The molecule has 0 spiro atoms. The van der Waals surface area contributed by atoms with Gasteiger partial charge in [0.15, 0.2) is 0 Å². The quantitative estimate of drug-likeness (QED) is 0.725. The summed E-state index contributed by atoms with van der Waals surface area (Å²) in [6.07, 6.45) is 3.82. The van der Waals surface area contributed by atoms with Crippen molar-refractivity contribution in [3.63, 3.8) is 0 Å². The minimum atomic E-state index is 0.774. The first-order valence-electron chi connectivity index (χ1n) is 5.92. The summed E-state index contributed by atoms with van der Waals surface area (Å²) in [5.74, 6) is 1.59. The Morgan fingerprint density at radius 2 is 1.60 bits per heavy atom. The van der Waals surface area contributed by atoms with Crippen LogP contribution in [0.2, 0.25) is 0 Å². The Bertz CT molecular complexity index is 274. The summed E-state index contributed by atoms with van der Waals surface area (Å²) in [6, 6.07) is 8.26. The third-order valence-corrected chi connectivity index (χ3v) is 2.80. The molecule has 1 rings (SSSR count). The van der Waals surface area contributed by atoms with Crippen LogP contribution < -0.4 is 5.73 Å². The largest absolute Gasteiger partial charge is 0.399 e. The highest BCUT2D eigenvalue weighted by atomic mass is 14.5. The van der Waals surface area contributed by atoms with E-state index in [0.717, 1.165) is 17.5 Å². The van der Waals surface area contributed by atoms with Gasteiger partial charge in [0, 0.05) is 5.69 Å². The van der Waals surface area contributed by atoms with Crippen LogP contribution in [0.3, 0.4) is 0 Å². The molecule has 0 radical (unpaired) electrons. The number of nitrogen functional groups attached to an aromatic ring is 1. The van der Waals surface area contributed by atoms with E-state index in [0.29, 0.717) is 0 Å². The molecular formula is C14H23N. The lowest BCUT2D eigenvalue weighted by molar-refractivity contribution is 0.448. The molecule has 1 unspecified atom stereocenters. The molecule has 0 aliphatic heterocycles. The van der Waals surface area contributed by atoms with E-state index < -0.39 is 0 Å². The Hall–Kier alpha value is -0.980. The first-order chi connectivity index (χ1) is 7.08. The molecule has 0 fully saturated rings. The minimum Gasteiger partial charge on any atom is -0.399 e. The molecule has 1 nitrogen and oxygen atoms in total. The van der Waals surface area contributed by atoms with Crippen molar-refractivity contribution < 1.29 is 0 Å². The summed E-state index contributed by atoms with van der Waals surface area (Å²) < 4.78 is 0. The molecule has 0 aromatic heterocycles. The number of hydrogen-bond acceptors (Lipinski definition) is 1. The number of nitrogens with two attached hydrogens (primary N) is 1. The fourth-order valence-corrected chi connectivity index (χ4v) is 1.78. The highest BCUT2D eigenvalue weighted by Gasteiger charge is 2.04. The summed E-state index contributed by atoms with van der Waals surface area (Å²) in [5.41, 5.74) is 7.91. The molecule has 2 N–H and O–H groups in total. The topological polar surface area (TPSA) is 26.0 Å². The standard InChI is InChI=1S/C14H23N/c1-11(2)4-5-12(3)10-13-6-8-14(15)9-7-13/h6-9,11-12H,4-5,10,15H2,1-3H3. The second-order valence-corrected chi connectivity index (χ2v) is 5.02. The van der Waals surface area contributed by atoms with Gasteiger partial charge in [-0.15, -0.1) is 0 Å². The fourth-order valence-electron chi connectivity index (χ4n) is 1.78. The van der Waals surface area contributed by atoms with Crippen molar-refractivity contribution in [2.75, 3.05) is 5.73 Å². The van der Waals surface area contributed by atoms with Crippen molar-refractivity contribution in [1.82, 2.24) is 0 Å². The predicted octanol–water partition coefficient (Wildman–Crippen LogP) is 3.88. The fraction of sp³-hybridized carbons (Fsp3) is 0.571. The summed E-state index contributed by atoms with van der Waals surface area (Å²) in [5, 5.41) is 0. The Morgan fingerprint density at radius 1 is 1.00 bits per heavy atom. The summed E-state index contributed by atoms with van der Waals surface area (Å²) in [4.78, 5) is 0. The van der Waals surface area contributed by atoms with Gasteiger partial charge >= 0.3 is 0 Å². The van der Waals surface area contributed by atoms with Gasteiger partial charge in [-0.05, 0) is 36.0 Å². The van der Waals surface area contributed by atoms with Gasteiger partial charge in [-0.1, -0.05) is 45.7 Å². The van der Waals surface area contributed by atoms with Crippen LogP contribution in [-0.4, -0.2) is 0 Å². The van der Waals surface area contributed by atoms with Gasteiger partial charge in [0.1, 0.15) is 0 Å². The SMILES string of the molecule is CC(C)CCC(C)Cc1ccc(N)cc1. The van der Waals surface area contributed by atoms with Gasteiger partial charge in [0.25, 0.3) is 0 Å². The van der Waals surface area contributed by atoms with Crippen LogP contribution in [0.25, 0.3) is 0 Å². The Morgan fingerprint density at radius 3 is 2.13 bits per heavy atom. The van der Waals surface area contributed by atoms with Gasteiger partial charge < -0.3 is 5.73 Å². The molecule has 15 heavy (non-hydrogen) atoms. The van der Waals surface area contributed by atoms with Crippen LogP contribution in [0.4, 0.5) is 5.69 Å². The summed E-state index contributed by atoms with van der Waals surface area (Å²) in [7, 11) is 0. The van der Waals surface area contributed by atoms with E-state index in [1.54, 1.807) is 0 Å². The van der Waals surface area contributed by atoms with Gasteiger partial charge in [0.2, 0.25) is 0 Å². The van der Waals surface area contributed by atoms with E-state index >= 15 is 0 Å². The molecule has 0 saturated carbocycles. The molecule has 1 heteroatoms. The molecule has 1 aromatic rings. The molecule has 1 aromatic carbocycles. The Labute approximate surface area is 93.7 Å². The predicted molar refractivity (Wildman–Crippen MR) is 67.8 cm³/mol. The van der Waals surface area contributed by atoms with Gasteiger partial charge in [-0.25, -0.2) is 0 Å². The average Bonchev–Trinajstić information content (AvgIpc) is 2.19. The lowest BCUT2D eigenvalue weighted by Crippen LogP contribution is -2.02. The first-order valence-corrected chi connectivity index (χ1v) is 5.92. The molecule has 0 aliphatic rings. The van der Waals surface area contributed by atoms with E-state index in [4.69, 9.17) is 5.73 Å². The monoisotopic (exact) mass is 205 g/mol. The molecule has 0 heterocycles. The van der Waals surface area contributed by atoms with Crippen molar-refractivity contribution in [3.8, 4) is 0 Å². The number of benzene rings is 1. The van der Waals surface area contributed by atoms with Crippen LogP contribution in [0.1, 0.15) is 39.2 Å². The van der Waals surface area contributed by atoms with E-state index in [1.807, 2.05) is 12.1 Å². The maximum Gasteiger partial charge on any atom is 0.0314 e. The number of anilines is 1. The average molecular weight is 205 g/mol. The summed E-state index contributed by atoms with van der Waals surface area (Å²) in [6.45, 7) is 6.91. The highest BCUT2D eigenvalue weighted by molar-refractivity contribution is 5.39. The van der Waals surface area contributed by atoms with Crippen molar-refractivity contribution >= 4 is 5.69 Å². The van der Waals surface area contributed by atoms with Crippen molar-refractivity contribution in [1.29, 1.82) is 0 Å². The van der Waals surface area contributed by atoms with Crippen LogP contribution in [0.15, 0.2) is 24.3 Å². The second-order valence-electron chi connectivity index (χ2n) is 5.02. The Balaban J connectivity index is 2.37. The summed E-state index contributed by atoms with van der Waals surface area (Å²) >= 11 is 0. The zero-order valence-electron chi connectivity index (χ0n) is 10.2. The number of hydrogen-bond donors (Lipinski definition) is 1. The minimum absolute atomic E-state index is 0.774. The van der Waals surface area contributed by atoms with E-state index in [2.05, 4.69) is 32.9 Å². The maximum absolute atomic E-state index is 5.66. The van der Waals surface area contributed by atoms with Gasteiger partial charge in [-0.2, -0.15) is 0 Å². The van der Waals surface area contributed by atoms with Crippen molar-refractivity contribution in [2.24, 2.45) is 11.8 Å². The molecule has 0 amide bonds. The highest BCUT2D eigenvalue weighted by Crippen LogP contribution is 2.17. The second kappa shape index (κ2) is 5.79. The van der Waals surface area contributed by atoms with E-state index in [9.17, 15) is 0 Å². The molecule has 0 saturated heterocycles. The van der Waals surface area contributed by atoms with E-state index in [1.165, 1.54) is 24.8 Å². The van der Waals surface area contributed by atoms with E-state index in [-0.39, 0.29) is 0 Å². The lowest BCUT2D eigenvalue weighted by atomic mass is 9.93. The van der Waals surface area contributed by atoms with Gasteiger partial charge in [0.05, 0.1) is 0 Å². The Kier molecular flexibility index (Phi) is 4.67. The zero-order valence-corrected chi connectivity index (χ0v) is 10.2. The molecule has 84 valence electrons. The van der Waals surface area contributed by atoms with Gasteiger partial charge in [-0.3, -0.25) is 0 Å². The first kappa shape index (κ1) is 12.1.